The van der Waals surface area contributed by atoms with Crippen LogP contribution in [0.4, 0.5) is 10.1 Å². The first-order chi connectivity index (χ1) is 15.2. The molecule has 1 aliphatic rings. The molecule has 1 heterocycles. The van der Waals surface area contributed by atoms with Crippen molar-refractivity contribution in [3.8, 4) is 5.75 Å². The molecule has 7 nitrogen and oxygen atoms in total. The Morgan fingerprint density at radius 2 is 2.00 bits per heavy atom. The van der Waals surface area contributed by atoms with Gasteiger partial charge >= 0.3 is 0 Å². The Morgan fingerprint density at radius 3 is 2.62 bits per heavy atom. The van der Waals surface area contributed by atoms with Crippen LogP contribution in [-0.4, -0.2) is 57.2 Å². The molecule has 0 saturated carbocycles. The number of halogens is 3. The molecule has 0 unspecified atom stereocenters. The van der Waals surface area contributed by atoms with E-state index in [1.807, 2.05) is 0 Å². The van der Waals surface area contributed by atoms with E-state index in [0.717, 1.165) is 6.07 Å². The predicted octanol–water partition coefficient (Wildman–Crippen LogP) is 3.72. The molecule has 3 rings (SSSR count). The van der Waals surface area contributed by atoms with Crippen molar-refractivity contribution < 1.29 is 22.7 Å². The number of benzene rings is 2. The van der Waals surface area contributed by atoms with Gasteiger partial charge in [0.1, 0.15) is 16.5 Å². The summed E-state index contributed by atoms with van der Waals surface area (Å²) in [5.74, 6) is -0.422. The molecule has 0 atom stereocenters. The molecular weight excluding hydrogens is 480 g/mol. The van der Waals surface area contributed by atoms with Gasteiger partial charge in [0.2, 0.25) is 15.7 Å². The highest BCUT2D eigenvalue weighted by Crippen LogP contribution is 2.38. The number of rotatable bonds is 10. The monoisotopic (exact) mass is 501 g/mol. The van der Waals surface area contributed by atoms with Crippen molar-refractivity contribution in [3.05, 3.63) is 63.7 Å². The molecule has 0 bridgehead atoms. The average molecular weight is 502 g/mol. The second-order valence-corrected chi connectivity index (χ2v) is 10.4. The van der Waals surface area contributed by atoms with Crippen LogP contribution in [0.1, 0.15) is 6.42 Å². The van der Waals surface area contributed by atoms with E-state index < -0.39 is 21.3 Å². The number of ether oxygens (including phenoxy) is 1. The van der Waals surface area contributed by atoms with Crippen molar-refractivity contribution in [2.75, 3.05) is 39.4 Å². The predicted molar refractivity (Wildman–Crippen MR) is 120 cm³/mol. The maximum atomic E-state index is 13.9. The zero-order valence-electron chi connectivity index (χ0n) is 17.0. The Labute approximate surface area is 196 Å². The fourth-order valence-electron chi connectivity index (χ4n) is 3.41. The Balaban J connectivity index is 1.73. The van der Waals surface area contributed by atoms with Crippen LogP contribution in [-0.2, 0) is 10.0 Å². The summed E-state index contributed by atoms with van der Waals surface area (Å²) in [5.41, 5.74) is -0.658. The van der Waals surface area contributed by atoms with Gasteiger partial charge in [0.05, 0.1) is 18.2 Å². The molecule has 1 fully saturated rings. The highest BCUT2D eigenvalue weighted by atomic mass is 35.5. The van der Waals surface area contributed by atoms with Crippen LogP contribution in [0.5, 0.6) is 5.75 Å². The Morgan fingerprint density at radius 1 is 1.25 bits per heavy atom. The summed E-state index contributed by atoms with van der Waals surface area (Å²) in [7, 11) is -3.83. The van der Waals surface area contributed by atoms with Crippen molar-refractivity contribution in [1.29, 1.82) is 0 Å². The lowest BCUT2D eigenvalue weighted by atomic mass is 9.82. The van der Waals surface area contributed by atoms with E-state index in [1.165, 1.54) is 34.6 Å². The van der Waals surface area contributed by atoms with Gasteiger partial charge in [-0.25, -0.2) is 17.7 Å². The molecule has 2 aromatic rings. The van der Waals surface area contributed by atoms with Gasteiger partial charge in [-0.2, -0.15) is 4.31 Å². The summed E-state index contributed by atoms with van der Waals surface area (Å²) in [5, 5.41) is 12.6. The van der Waals surface area contributed by atoms with Crippen molar-refractivity contribution in [2.45, 2.75) is 11.3 Å². The lowest BCUT2D eigenvalue weighted by molar-refractivity contribution is 0.0192. The van der Waals surface area contributed by atoms with Crippen LogP contribution in [0.15, 0.2) is 41.3 Å². The molecule has 2 aromatic carbocycles. The van der Waals surface area contributed by atoms with Gasteiger partial charge < -0.3 is 15.2 Å². The summed E-state index contributed by atoms with van der Waals surface area (Å²) in [6.07, 6.45) is 0.558. The largest absolute Gasteiger partial charge is 0.493 e. The van der Waals surface area contributed by atoms with Crippen LogP contribution in [0.25, 0.3) is 4.85 Å². The lowest BCUT2D eigenvalue weighted by Crippen LogP contribution is -2.64. The fraction of sp³-hybridized carbons (Fsp3) is 0.381. The van der Waals surface area contributed by atoms with Gasteiger partial charge in [-0.05, 0) is 43.3 Å². The third kappa shape index (κ3) is 5.52. The maximum Gasteiger partial charge on any atom is 0.244 e. The molecule has 11 heteroatoms. The topological polar surface area (TPSA) is 83.2 Å². The molecule has 172 valence electrons. The van der Waals surface area contributed by atoms with E-state index in [1.54, 1.807) is 0 Å². The number of aliphatic hydroxyl groups is 1. The van der Waals surface area contributed by atoms with E-state index in [9.17, 15) is 12.8 Å². The number of aliphatic hydroxyl groups excluding tert-OH is 1. The van der Waals surface area contributed by atoms with E-state index >= 15 is 0 Å². The minimum absolute atomic E-state index is 0.0249. The molecule has 32 heavy (non-hydrogen) atoms. The molecule has 1 aliphatic heterocycles. The second-order valence-electron chi connectivity index (χ2n) is 7.62. The van der Waals surface area contributed by atoms with Crippen LogP contribution < -0.4 is 10.1 Å². The van der Waals surface area contributed by atoms with Crippen LogP contribution in [0, 0.1) is 17.8 Å². The van der Waals surface area contributed by atoms with Gasteiger partial charge in [0, 0.05) is 42.7 Å². The minimum atomic E-state index is -3.83. The second kappa shape index (κ2) is 10.3. The fourth-order valence-corrected chi connectivity index (χ4v) is 5.82. The lowest BCUT2D eigenvalue weighted by Gasteiger charge is -2.49. The standard InChI is InChI=1S/C21H22Cl2FN3O4S/c1-25-19-5-4-16(10-18(19)24)31-14-21(11-26-7-2-8-28)12-27(13-21)32(29,30)20-6-3-15(22)9-17(20)23/h3-6,9-10,26,28H,2,7-8,11-14H2. The van der Waals surface area contributed by atoms with Gasteiger partial charge in [-0.15, -0.1) is 0 Å². The summed E-state index contributed by atoms with van der Waals surface area (Å²) in [6.45, 7) is 8.44. The first-order valence-corrected chi connectivity index (χ1v) is 12.0. The van der Waals surface area contributed by atoms with Gasteiger partial charge in [-0.3, -0.25) is 0 Å². The van der Waals surface area contributed by atoms with Crippen molar-refractivity contribution >= 4 is 38.9 Å². The third-order valence-corrected chi connectivity index (χ3v) is 7.64. The maximum absolute atomic E-state index is 13.9. The van der Waals surface area contributed by atoms with Crippen LogP contribution in [0.3, 0.4) is 0 Å². The molecular formula is C21H22Cl2FN3O4S. The highest BCUT2D eigenvalue weighted by Gasteiger charge is 2.49. The first-order valence-electron chi connectivity index (χ1n) is 9.77. The molecule has 1 saturated heterocycles. The zero-order chi connectivity index (χ0) is 23.4. The Hall–Kier alpha value is -1.93. The minimum Gasteiger partial charge on any atom is -0.493 e. The summed E-state index contributed by atoms with van der Waals surface area (Å²) in [6, 6.07) is 8.20. The van der Waals surface area contributed by atoms with Crippen molar-refractivity contribution in [3.63, 3.8) is 0 Å². The van der Waals surface area contributed by atoms with Crippen LogP contribution >= 0.6 is 23.2 Å². The highest BCUT2D eigenvalue weighted by molar-refractivity contribution is 7.89. The van der Waals surface area contributed by atoms with Crippen molar-refractivity contribution in [1.82, 2.24) is 9.62 Å². The third-order valence-electron chi connectivity index (χ3n) is 5.13. The van der Waals surface area contributed by atoms with E-state index in [0.29, 0.717) is 24.5 Å². The smallest absolute Gasteiger partial charge is 0.244 e. The molecule has 0 spiro atoms. The Bertz CT molecular complexity index is 1120. The van der Waals surface area contributed by atoms with Crippen LogP contribution in [0.2, 0.25) is 10.0 Å². The molecule has 2 N–H and O–H groups in total. The molecule has 0 amide bonds. The summed E-state index contributed by atoms with van der Waals surface area (Å²) >= 11 is 12.0. The summed E-state index contributed by atoms with van der Waals surface area (Å²) in [4.78, 5) is 3.06. The van der Waals surface area contributed by atoms with E-state index in [2.05, 4.69) is 10.2 Å². The van der Waals surface area contributed by atoms with Gasteiger partial charge in [0.15, 0.2) is 0 Å². The first kappa shape index (κ1) is 24.7. The molecule has 0 aliphatic carbocycles. The van der Waals surface area contributed by atoms with Gasteiger partial charge in [-0.1, -0.05) is 23.2 Å². The number of sulfonamides is 1. The van der Waals surface area contributed by atoms with Crippen molar-refractivity contribution in [2.24, 2.45) is 5.41 Å². The number of hydrogen-bond donors (Lipinski definition) is 2. The van der Waals surface area contributed by atoms with E-state index in [4.69, 9.17) is 39.6 Å². The zero-order valence-corrected chi connectivity index (χ0v) is 19.4. The van der Waals surface area contributed by atoms with E-state index in [-0.39, 0.29) is 47.7 Å². The quantitative estimate of drug-likeness (QED) is 0.382. The molecule has 0 radical (unpaired) electrons. The normalized spacial score (nSPS) is 15.7. The van der Waals surface area contributed by atoms with Gasteiger partial charge in [0.25, 0.3) is 0 Å². The Kier molecular flexibility index (Phi) is 7.98. The summed E-state index contributed by atoms with van der Waals surface area (Å²) < 4.78 is 47.0. The molecule has 0 aromatic heterocycles. The number of nitrogens with zero attached hydrogens (tertiary/aromatic N) is 2. The SMILES string of the molecule is [C-]#[N+]c1ccc(OCC2(CNCCCO)CN(S(=O)(=O)c3ccc(Cl)cc3Cl)C2)cc1F. The number of hydrogen-bond acceptors (Lipinski definition) is 5. The average Bonchev–Trinajstić information content (AvgIpc) is 2.71. The number of nitrogens with one attached hydrogen (secondary N) is 1.